The zero-order valence-electron chi connectivity index (χ0n) is 21.9. The van der Waals surface area contributed by atoms with Crippen LogP contribution in [0.4, 0.5) is 0 Å². The van der Waals surface area contributed by atoms with Gasteiger partial charge in [-0.15, -0.1) is 12.6 Å². The molecule has 10 heteroatoms. The predicted octanol–water partition coefficient (Wildman–Crippen LogP) is 7.29. The summed E-state index contributed by atoms with van der Waals surface area (Å²) in [6.45, 7) is 12.9. The third-order valence-corrected chi connectivity index (χ3v) is 6.26. The molecule has 1 aromatic carbocycles. The molecule has 0 saturated carbocycles. The molecule has 0 bridgehead atoms. The Bertz CT molecular complexity index is 724. The van der Waals surface area contributed by atoms with Crippen molar-refractivity contribution in [3.63, 3.8) is 0 Å². The van der Waals surface area contributed by atoms with Crippen LogP contribution in [0.15, 0.2) is 29.4 Å². The van der Waals surface area contributed by atoms with Crippen LogP contribution in [0.25, 0.3) is 11.0 Å². The number of aromatic nitrogens is 2. The fourth-order valence-electron chi connectivity index (χ4n) is 2.92. The van der Waals surface area contributed by atoms with Crippen molar-refractivity contribution in [3.05, 3.63) is 24.3 Å². The summed E-state index contributed by atoms with van der Waals surface area (Å²) in [5, 5.41) is 0.668. The Balaban J connectivity index is 0. The van der Waals surface area contributed by atoms with Crippen molar-refractivity contribution in [3.8, 4) is 0 Å². The van der Waals surface area contributed by atoms with Crippen molar-refractivity contribution < 1.29 is 19.5 Å². The summed E-state index contributed by atoms with van der Waals surface area (Å²) in [6.07, 6.45) is 9.62. The predicted molar refractivity (Wildman–Crippen MR) is 166 cm³/mol. The number of imidazole rings is 1. The molecule has 1 aromatic heterocycles. The zero-order chi connectivity index (χ0) is 25.8. The number of nitrogens with one attached hydrogen (secondary N) is 1. The van der Waals surface area contributed by atoms with Gasteiger partial charge in [0.1, 0.15) is 0 Å². The molecule has 0 amide bonds. The molecule has 1 heterocycles. The molecule has 0 aliphatic rings. The number of thiocarbonyl (C=S) groups is 2. The molecule has 4 nitrogen and oxygen atoms in total. The van der Waals surface area contributed by atoms with Crippen molar-refractivity contribution in [1.29, 1.82) is 0 Å². The summed E-state index contributed by atoms with van der Waals surface area (Å²) in [5.74, 6) is 0. The van der Waals surface area contributed by atoms with Gasteiger partial charge in [-0.1, -0.05) is 74.2 Å². The molecule has 0 unspecified atom stereocenters. The van der Waals surface area contributed by atoms with Gasteiger partial charge in [-0.25, -0.2) is 4.98 Å². The second-order valence-electron chi connectivity index (χ2n) is 8.00. The number of fused-ring (bicyclic) bond motifs is 1. The number of hydrogen-bond acceptors (Lipinski definition) is 6. The van der Waals surface area contributed by atoms with Crippen LogP contribution in [-0.2, 0) is 44.7 Å². The summed E-state index contributed by atoms with van der Waals surface area (Å²) in [4.78, 5) is 11.4. The largest absolute Gasteiger partial charge is 2.00 e. The molecule has 0 radical (unpaired) electrons. The zero-order valence-corrected chi connectivity index (χ0v) is 29.1. The van der Waals surface area contributed by atoms with Crippen molar-refractivity contribution in [2.24, 2.45) is 0 Å². The van der Waals surface area contributed by atoms with Gasteiger partial charge in [0.15, 0.2) is 5.16 Å². The van der Waals surface area contributed by atoms with Crippen LogP contribution in [0.3, 0.4) is 0 Å². The Morgan fingerprint density at radius 1 is 0.800 bits per heavy atom. The summed E-state index contributed by atoms with van der Waals surface area (Å²) in [5.41, 5.74) is 2.00. The second-order valence-corrected chi connectivity index (χ2v) is 10.5. The average Bonchev–Trinajstić information content (AvgIpc) is 3.19. The molecule has 0 fully saturated rings. The number of H-pyrrole nitrogens is 1. The molecule has 0 saturated heterocycles. The first kappa shape index (κ1) is 37.0. The minimum atomic E-state index is 0. The maximum absolute atomic E-state index is 4.98. The van der Waals surface area contributed by atoms with E-state index in [0.29, 0.717) is 13.8 Å². The van der Waals surface area contributed by atoms with E-state index in [2.05, 4.69) is 60.1 Å². The number of hydrogen-bond donors (Lipinski definition) is 2. The van der Waals surface area contributed by atoms with Crippen LogP contribution in [-0.4, -0.2) is 54.6 Å². The monoisotopic (exact) mass is 622 g/mol. The van der Waals surface area contributed by atoms with E-state index in [9.17, 15) is 0 Å². The molecule has 0 spiro atoms. The van der Waals surface area contributed by atoms with Crippen LogP contribution >= 0.6 is 37.1 Å². The third-order valence-electron chi connectivity index (χ3n) is 5.02. The second kappa shape index (κ2) is 24.2. The summed E-state index contributed by atoms with van der Waals surface area (Å²) in [7, 11) is 0. The molecule has 0 atom stereocenters. The van der Waals surface area contributed by atoms with Crippen LogP contribution in [0.5, 0.6) is 0 Å². The Labute approximate surface area is 254 Å². The summed E-state index contributed by atoms with van der Waals surface area (Å²) >= 11 is 24.0. The van der Waals surface area contributed by atoms with Crippen molar-refractivity contribution in [1.82, 2.24) is 19.8 Å². The standard InChI is InChI=1S/2C9H19NS2.C7H6N2S.Zn/c2*1-3-5-7-10(9(11)12)8-6-4-2;10-7-8-5-3-1-2-4-6(5)9-7;/h2*3-8H2,1-2H3,(H,11,12);1-4H,(H2,8,9,10);/q;;;+2/p-2. The van der Waals surface area contributed by atoms with E-state index in [4.69, 9.17) is 49.7 Å². The number of aromatic amines is 1. The van der Waals surface area contributed by atoms with E-state index in [1.807, 2.05) is 24.3 Å². The number of nitrogens with zero attached hydrogens (tertiary/aromatic N) is 3. The van der Waals surface area contributed by atoms with E-state index < -0.39 is 0 Å². The molecular formula is C25H42N4S5Zn. The molecule has 0 aliphatic carbocycles. The first-order valence-corrected chi connectivity index (χ1v) is 14.4. The first-order chi connectivity index (χ1) is 16.3. The minimum absolute atomic E-state index is 0. The molecular weight excluding hydrogens is 582 g/mol. The van der Waals surface area contributed by atoms with Crippen LogP contribution in [0, 0.1) is 0 Å². The quantitative estimate of drug-likeness (QED) is 0.111. The number of unbranched alkanes of at least 4 members (excludes halogenated alkanes) is 4. The number of rotatable bonds is 12. The first-order valence-electron chi connectivity index (χ1n) is 12.4. The average molecular weight is 624 g/mol. The minimum Gasteiger partial charge on any atom is -0.411 e. The Morgan fingerprint density at radius 3 is 1.49 bits per heavy atom. The van der Waals surface area contributed by atoms with Gasteiger partial charge in [0.25, 0.3) is 0 Å². The van der Waals surface area contributed by atoms with Gasteiger partial charge in [-0.3, -0.25) is 0 Å². The Kier molecular flexibility index (Phi) is 25.6. The van der Waals surface area contributed by atoms with Gasteiger partial charge in [0.05, 0.1) is 11.0 Å². The number of para-hydroxylation sites is 2. The maximum atomic E-state index is 4.98. The van der Waals surface area contributed by atoms with Gasteiger partial charge in [-0.2, -0.15) is 0 Å². The van der Waals surface area contributed by atoms with Crippen LogP contribution in [0.2, 0.25) is 0 Å². The van der Waals surface area contributed by atoms with E-state index >= 15 is 0 Å². The smallest absolute Gasteiger partial charge is 0.411 e. The normalized spacial score (nSPS) is 9.74. The number of benzene rings is 1. The Morgan fingerprint density at radius 2 is 1.17 bits per heavy atom. The number of thiol groups is 1. The molecule has 2 rings (SSSR count). The SMILES string of the molecule is CCCCN(CCCC)C(=S)[S-].CCCCN(CCCC)C(=S)[S-].Sc1nc2ccccc2[nH]1.[Zn+2]. The van der Waals surface area contributed by atoms with Crippen LogP contribution in [0.1, 0.15) is 79.1 Å². The van der Waals surface area contributed by atoms with Crippen LogP contribution < -0.4 is 0 Å². The van der Waals surface area contributed by atoms with E-state index in [0.717, 1.165) is 37.2 Å². The van der Waals surface area contributed by atoms with Gasteiger partial charge in [0, 0.05) is 26.2 Å². The van der Waals surface area contributed by atoms with Crippen molar-refractivity contribution in [2.45, 2.75) is 84.2 Å². The molecule has 35 heavy (non-hydrogen) atoms. The fourth-order valence-corrected chi connectivity index (χ4v) is 3.88. The van der Waals surface area contributed by atoms with Gasteiger partial charge >= 0.3 is 19.5 Å². The van der Waals surface area contributed by atoms with Gasteiger partial charge in [-0.05, 0) is 37.8 Å². The van der Waals surface area contributed by atoms with Gasteiger partial charge in [0.2, 0.25) is 0 Å². The van der Waals surface area contributed by atoms with E-state index in [1.54, 1.807) is 0 Å². The molecule has 1 N–H and O–H groups in total. The Hall–Kier alpha value is -0.117. The van der Waals surface area contributed by atoms with Gasteiger partial charge < -0.3 is 64.5 Å². The van der Waals surface area contributed by atoms with Crippen molar-refractivity contribution >= 4 is 82.0 Å². The molecule has 2 aromatic rings. The topological polar surface area (TPSA) is 35.2 Å². The van der Waals surface area contributed by atoms with E-state index in [-0.39, 0.29) is 19.5 Å². The summed E-state index contributed by atoms with van der Waals surface area (Å²) in [6, 6.07) is 7.84. The van der Waals surface area contributed by atoms with Crippen molar-refractivity contribution in [2.75, 3.05) is 26.2 Å². The molecule has 0 aliphatic heterocycles. The third kappa shape index (κ3) is 18.7. The molecule has 194 valence electrons. The fraction of sp³-hybridized carbons (Fsp3) is 0.640. The van der Waals surface area contributed by atoms with E-state index in [1.165, 1.54) is 51.4 Å². The maximum Gasteiger partial charge on any atom is 2.00 e. The summed E-state index contributed by atoms with van der Waals surface area (Å²) < 4.78 is 1.27.